The Morgan fingerprint density at radius 3 is 2.06 bits per heavy atom. The zero-order valence-electron chi connectivity index (χ0n) is 8.37. The Kier molecular flexibility index (Phi) is 4.00. The highest BCUT2D eigenvalue weighted by Crippen LogP contribution is 2.10. The van der Waals surface area contributed by atoms with Crippen LogP contribution < -0.4 is 4.72 Å². The average Bonchev–Trinajstić information content (AvgIpc) is 2.29. The van der Waals surface area contributed by atoms with E-state index in [0.717, 1.165) is 0 Å². The third-order valence-electron chi connectivity index (χ3n) is 1.90. The molecule has 4 N–H and O–H groups in total. The normalized spacial score (nSPS) is 12.7. The van der Waals surface area contributed by atoms with Crippen molar-refractivity contribution >= 4 is 10.0 Å². The summed E-state index contributed by atoms with van der Waals surface area (Å²) in [7, 11) is -3.96. The quantitative estimate of drug-likeness (QED) is 0.481. The first kappa shape index (κ1) is 13.1. The molecule has 0 radical (unpaired) electrons. The van der Waals surface area contributed by atoms with Crippen molar-refractivity contribution in [1.29, 1.82) is 0 Å². The minimum absolute atomic E-state index is 0.0599. The van der Waals surface area contributed by atoms with Gasteiger partial charge in [0.05, 0.1) is 18.1 Å². The van der Waals surface area contributed by atoms with Crippen molar-refractivity contribution in [3.63, 3.8) is 0 Å². The molecule has 1 aromatic rings. The van der Waals surface area contributed by atoms with E-state index in [1.807, 2.05) is 4.72 Å². The topological polar surface area (TPSA) is 107 Å². The second-order valence-corrected chi connectivity index (χ2v) is 4.95. The van der Waals surface area contributed by atoms with Crippen molar-refractivity contribution in [2.24, 2.45) is 0 Å². The van der Waals surface area contributed by atoms with Crippen LogP contribution in [0, 0.1) is 0 Å². The largest absolute Gasteiger partial charge is 0.392 e. The monoisotopic (exact) mass is 247 g/mol. The summed E-state index contributed by atoms with van der Waals surface area (Å²) in [6.45, 7) is -1.84. The maximum absolute atomic E-state index is 11.7. The molecule has 0 saturated heterocycles. The Balaban J connectivity index is 2.97. The van der Waals surface area contributed by atoms with Gasteiger partial charge in [0.2, 0.25) is 10.0 Å². The summed E-state index contributed by atoms with van der Waals surface area (Å²) in [5, 5.41) is 27.0. The predicted molar refractivity (Wildman–Crippen MR) is 55.9 cm³/mol. The number of sulfonamides is 1. The van der Waals surface area contributed by atoms with E-state index in [0.29, 0.717) is 0 Å². The molecular formula is C9H13NO5S. The van der Waals surface area contributed by atoms with Crippen molar-refractivity contribution in [2.45, 2.75) is 10.6 Å². The maximum atomic E-state index is 11.7. The Hall–Kier alpha value is -0.990. The minimum atomic E-state index is -3.96. The SMILES string of the molecule is O=S(=O)(NC(O)(CO)CO)c1ccccc1. The molecule has 0 unspecified atom stereocenters. The number of benzene rings is 1. The van der Waals surface area contributed by atoms with Crippen molar-refractivity contribution in [3.8, 4) is 0 Å². The van der Waals surface area contributed by atoms with Gasteiger partial charge in [-0.15, -0.1) is 0 Å². The molecule has 1 rings (SSSR count). The molecule has 6 nitrogen and oxygen atoms in total. The van der Waals surface area contributed by atoms with E-state index in [9.17, 15) is 13.5 Å². The van der Waals surface area contributed by atoms with Crippen LogP contribution in [0.5, 0.6) is 0 Å². The molecular weight excluding hydrogens is 234 g/mol. The molecule has 0 aromatic heterocycles. The van der Waals surface area contributed by atoms with Gasteiger partial charge in [0, 0.05) is 0 Å². The van der Waals surface area contributed by atoms with Crippen LogP contribution in [0.2, 0.25) is 0 Å². The van der Waals surface area contributed by atoms with Crippen molar-refractivity contribution in [1.82, 2.24) is 4.72 Å². The zero-order chi connectivity index (χ0) is 12.2. The van der Waals surface area contributed by atoms with Crippen LogP contribution in [-0.4, -0.2) is 42.7 Å². The highest BCUT2D eigenvalue weighted by Gasteiger charge is 2.31. The van der Waals surface area contributed by atoms with E-state index < -0.39 is 29.0 Å². The lowest BCUT2D eigenvalue weighted by atomic mass is 10.3. The van der Waals surface area contributed by atoms with E-state index in [4.69, 9.17) is 10.2 Å². The molecule has 1 aromatic carbocycles. The van der Waals surface area contributed by atoms with E-state index in [1.54, 1.807) is 6.07 Å². The summed E-state index contributed by atoms with van der Waals surface area (Å²) in [6, 6.07) is 7.34. The molecule has 0 aliphatic carbocycles. The van der Waals surface area contributed by atoms with E-state index >= 15 is 0 Å². The van der Waals surface area contributed by atoms with Gasteiger partial charge in [-0.3, -0.25) is 0 Å². The van der Waals surface area contributed by atoms with Gasteiger partial charge in [0.1, 0.15) is 0 Å². The van der Waals surface area contributed by atoms with Gasteiger partial charge >= 0.3 is 0 Å². The smallest absolute Gasteiger partial charge is 0.243 e. The van der Waals surface area contributed by atoms with Crippen LogP contribution in [0.1, 0.15) is 0 Å². The van der Waals surface area contributed by atoms with Crippen molar-refractivity contribution in [3.05, 3.63) is 30.3 Å². The first-order valence-electron chi connectivity index (χ1n) is 4.47. The first-order chi connectivity index (χ1) is 7.43. The Bertz CT molecular complexity index is 426. The fraction of sp³-hybridized carbons (Fsp3) is 0.333. The summed E-state index contributed by atoms with van der Waals surface area (Å²) >= 11 is 0. The molecule has 0 spiro atoms. The Morgan fingerprint density at radius 1 is 1.12 bits per heavy atom. The fourth-order valence-corrected chi connectivity index (χ4v) is 2.29. The Morgan fingerprint density at radius 2 is 1.62 bits per heavy atom. The number of aliphatic hydroxyl groups is 3. The van der Waals surface area contributed by atoms with Crippen LogP contribution in [0.3, 0.4) is 0 Å². The molecule has 90 valence electrons. The average molecular weight is 247 g/mol. The van der Waals surface area contributed by atoms with Crippen LogP contribution >= 0.6 is 0 Å². The third kappa shape index (κ3) is 3.00. The second-order valence-electron chi connectivity index (χ2n) is 3.27. The van der Waals surface area contributed by atoms with Gasteiger partial charge in [-0.05, 0) is 12.1 Å². The summed E-state index contributed by atoms with van der Waals surface area (Å²) in [6.07, 6.45) is 0. The van der Waals surface area contributed by atoms with Gasteiger partial charge in [-0.2, -0.15) is 4.72 Å². The van der Waals surface area contributed by atoms with Gasteiger partial charge < -0.3 is 15.3 Å². The van der Waals surface area contributed by atoms with E-state index in [2.05, 4.69) is 0 Å². The second kappa shape index (κ2) is 4.89. The molecule has 0 aliphatic rings. The molecule has 0 amide bonds. The van der Waals surface area contributed by atoms with Crippen LogP contribution in [0.25, 0.3) is 0 Å². The lowest BCUT2D eigenvalue weighted by Gasteiger charge is -2.24. The summed E-state index contributed by atoms with van der Waals surface area (Å²) in [4.78, 5) is -0.0599. The molecule has 0 atom stereocenters. The molecule has 0 aliphatic heterocycles. The molecule has 0 saturated carbocycles. The first-order valence-corrected chi connectivity index (χ1v) is 5.95. The predicted octanol–water partition coefficient (Wildman–Crippen LogP) is -1.36. The minimum Gasteiger partial charge on any atom is -0.392 e. The third-order valence-corrected chi connectivity index (χ3v) is 3.44. The molecule has 0 bridgehead atoms. The number of nitrogens with one attached hydrogen (secondary N) is 1. The van der Waals surface area contributed by atoms with E-state index in [-0.39, 0.29) is 4.90 Å². The number of aliphatic hydroxyl groups excluding tert-OH is 2. The number of hydrogen-bond acceptors (Lipinski definition) is 5. The highest BCUT2D eigenvalue weighted by molar-refractivity contribution is 7.89. The summed E-state index contributed by atoms with van der Waals surface area (Å²) < 4.78 is 25.2. The van der Waals surface area contributed by atoms with Crippen LogP contribution in [0.15, 0.2) is 35.2 Å². The summed E-state index contributed by atoms with van der Waals surface area (Å²) in [5.74, 6) is 0. The van der Waals surface area contributed by atoms with E-state index in [1.165, 1.54) is 24.3 Å². The van der Waals surface area contributed by atoms with Crippen molar-refractivity contribution in [2.75, 3.05) is 13.2 Å². The zero-order valence-corrected chi connectivity index (χ0v) is 9.18. The highest BCUT2D eigenvalue weighted by atomic mass is 32.2. The molecule has 0 heterocycles. The van der Waals surface area contributed by atoms with Crippen LogP contribution in [0.4, 0.5) is 0 Å². The molecule has 7 heteroatoms. The lowest BCUT2D eigenvalue weighted by molar-refractivity contribution is -0.0628. The molecule has 16 heavy (non-hydrogen) atoms. The lowest BCUT2D eigenvalue weighted by Crippen LogP contribution is -2.53. The fourth-order valence-electron chi connectivity index (χ4n) is 1.02. The van der Waals surface area contributed by atoms with Gasteiger partial charge in [-0.1, -0.05) is 18.2 Å². The van der Waals surface area contributed by atoms with Crippen molar-refractivity contribution < 1.29 is 23.7 Å². The standard InChI is InChI=1S/C9H13NO5S/c11-6-9(13,7-12)10-16(14,15)8-4-2-1-3-5-8/h1-5,10-13H,6-7H2. The summed E-state index contributed by atoms with van der Waals surface area (Å²) in [5.41, 5.74) is -2.26. The number of hydrogen-bond donors (Lipinski definition) is 4. The Labute approximate surface area is 93.2 Å². The number of rotatable bonds is 5. The maximum Gasteiger partial charge on any atom is 0.243 e. The van der Waals surface area contributed by atoms with Crippen LogP contribution in [-0.2, 0) is 10.0 Å². The van der Waals surface area contributed by atoms with Gasteiger partial charge in [-0.25, -0.2) is 8.42 Å². The van der Waals surface area contributed by atoms with Gasteiger partial charge in [0.25, 0.3) is 0 Å². The van der Waals surface area contributed by atoms with Gasteiger partial charge in [0.15, 0.2) is 5.72 Å². The molecule has 0 fully saturated rings.